The molecule has 0 saturated heterocycles. The Kier molecular flexibility index (Phi) is 3.71. The molecule has 1 aliphatic rings. The zero-order valence-electron chi connectivity index (χ0n) is 10.9. The van der Waals surface area contributed by atoms with Crippen molar-refractivity contribution in [3.8, 4) is 0 Å². The summed E-state index contributed by atoms with van der Waals surface area (Å²) in [5, 5.41) is 2.77. The van der Waals surface area contributed by atoms with Crippen LogP contribution < -0.4 is 4.90 Å². The van der Waals surface area contributed by atoms with Crippen molar-refractivity contribution in [1.82, 2.24) is 9.97 Å². The number of nitrogens with zero attached hydrogens (tertiary/aromatic N) is 3. The van der Waals surface area contributed by atoms with E-state index in [9.17, 15) is 0 Å². The minimum atomic E-state index is 0.600. The smallest absolute Gasteiger partial charge is 0.137 e. The van der Waals surface area contributed by atoms with Gasteiger partial charge in [-0.3, -0.25) is 0 Å². The standard InChI is InChI=1S/C14H16ClN3S/c1-2-3-11-13(15)16-9-17-14(11)18-6-4-12-10(8-18)5-7-19-12/h5,7,9H,2-4,6,8H2,1H3. The molecule has 0 saturated carbocycles. The fraction of sp³-hybridized carbons (Fsp3) is 0.429. The van der Waals surface area contributed by atoms with Crippen LogP contribution in [0.1, 0.15) is 29.3 Å². The number of hydrogen-bond donors (Lipinski definition) is 0. The van der Waals surface area contributed by atoms with E-state index in [-0.39, 0.29) is 0 Å². The van der Waals surface area contributed by atoms with Crippen LogP contribution in [0.2, 0.25) is 5.15 Å². The zero-order valence-corrected chi connectivity index (χ0v) is 12.5. The van der Waals surface area contributed by atoms with E-state index in [2.05, 4.69) is 33.2 Å². The quantitative estimate of drug-likeness (QED) is 0.808. The van der Waals surface area contributed by atoms with Gasteiger partial charge in [0.2, 0.25) is 0 Å². The lowest BCUT2D eigenvalue weighted by Crippen LogP contribution is -2.31. The van der Waals surface area contributed by atoms with Crippen molar-refractivity contribution in [2.75, 3.05) is 11.4 Å². The van der Waals surface area contributed by atoms with Gasteiger partial charge in [0, 0.05) is 23.5 Å². The molecule has 0 radical (unpaired) electrons. The lowest BCUT2D eigenvalue weighted by atomic mass is 10.1. The second kappa shape index (κ2) is 5.47. The second-order valence-corrected chi connectivity index (χ2v) is 6.12. The fourth-order valence-electron chi connectivity index (χ4n) is 2.55. The Morgan fingerprint density at radius 2 is 2.32 bits per heavy atom. The predicted octanol–water partition coefficient (Wildman–Crippen LogP) is 3.71. The van der Waals surface area contributed by atoms with E-state index in [4.69, 9.17) is 11.6 Å². The van der Waals surface area contributed by atoms with Gasteiger partial charge >= 0.3 is 0 Å². The third-order valence-electron chi connectivity index (χ3n) is 3.48. The van der Waals surface area contributed by atoms with E-state index in [1.54, 1.807) is 6.33 Å². The molecule has 100 valence electrons. The molecular formula is C14H16ClN3S. The molecule has 0 amide bonds. The molecule has 0 N–H and O–H groups in total. The maximum Gasteiger partial charge on any atom is 0.137 e. The highest BCUT2D eigenvalue weighted by Crippen LogP contribution is 2.30. The van der Waals surface area contributed by atoms with Gasteiger partial charge in [-0.2, -0.15) is 0 Å². The SMILES string of the molecule is CCCc1c(Cl)ncnc1N1CCc2sccc2C1. The van der Waals surface area contributed by atoms with E-state index in [0.717, 1.165) is 43.7 Å². The van der Waals surface area contributed by atoms with Crippen molar-refractivity contribution in [2.45, 2.75) is 32.7 Å². The average Bonchev–Trinajstić information content (AvgIpc) is 2.88. The second-order valence-electron chi connectivity index (χ2n) is 4.76. The Labute approximate surface area is 122 Å². The van der Waals surface area contributed by atoms with Gasteiger partial charge in [0.05, 0.1) is 0 Å². The molecule has 0 spiro atoms. The van der Waals surface area contributed by atoms with E-state index in [1.807, 2.05) is 11.3 Å². The van der Waals surface area contributed by atoms with E-state index in [0.29, 0.717) is 5.15 Å². The minimum absolute atomic E-state index is 0.600. The van der Waals surface area contributed by atoms with Crippen molar-refractivity contribution in [2.24, 2.45) is 0 Å². The molecule has 0 fully saturated rings. The molecule has 0 aromatic carbocycles. The van der Waals surface area contributed by atoms with Gasteiger partial charge in [-0.05, 0) is 29.9 Å². The number of hydrogen-bond acceptors (Lipinski definition) is 4. The van der Waals surface area contributed by atoms with Crippen molar-refractivity contribution < 1.29 is 0 Å². The van der Waals surface area contributed by atoms with Crippen LogP contribution in [0.25, 0.3) is 0 Å². The van der Waals surface area contributed by atoms with Gasteiger partial charge < -0.3 is 4.90 Å². The molecule has 0 unspecified atom stereocenters. The van der Waals surface area contributed by atoms with Crippen molar-refractivity contribution in [1.29, 1.82) is 0 Å². The van der Waals surface area contributed by atoms with Gasteiger partial charge in [0.1, 0.15) is 17.3 Å². The van der Waals surface area contributed by atoms with Gasteiger partial charge in [0.25, 0.3) is 0 Å². The molecule has 19 heavy (non-hydrogen) atoms. The number of fused-ring (bicyclic) bond motifs is 1. The summed E-state index contributed by atoms with van der Waals surface area (Å²) in [6, 6.07) is 2.22. The summed E-state index contributed by atoms with van der Waals surface area (Å²) in [7, 11) is 0. The van der Waals surface area contributed by atoms with Crippen molar-refractivity contribution >= 4 is 28.8 Å². The van der Waals surface area contributed by atoms with E-state index >= 15 is 0 Å². The normalized spacial score (nSPS) is 14.5. The number of rotatable bonds is 3. The first-order valence-electron chi connectivity index (χ1n) is 6.59. The molecule has 0 aliphatic carbocycles. The third kappa shape index (κ3) is 2.47. The van der Waals surface area contributed by atoms with Crippen LogP contribution >= 0.6 is 22.9 Å². The summed E-state index contributed by atoms with van der Waals surface area (Å²) in [6.07, 6.45) is 4.65. The van der Waals surface area contributed by atoms with Gasteiger partial charge in [-0.15, -0.1) is 11.3 Å². The molecule has 2 aromatic rings. The molecule has 1 aliphatic heterocycles. The van der Waals surface area contributed by atoms with Crippen LogP contribution in [0, 0.1) is 0 Å². The minimum Gasteiger partial charge on any atom is -0.352 e. The molecule has 0 bridgehead atoms. The maximum absolute atomic E-state index is 6.23. The van der Waals surface area contributed by atoms with E-state index in [1.165, 1.54) is 10.4 Å². The highest BCUT2D eigenvalue weighted by molar-refractivity contribution is 7.10. The Hall–Kier alpha value is -1.13. The summed E-state index contributed by atoms with van der Waals surface area (Å²) >= 11 is 8.09. The zero-order chi connectivity index (χ0) is 13.2. The van der Waals surface area contributed by atoms with Crippen molar-refractivity contribution in [3.05, 3.63) is 38.9 Å². The summed E-state index contributed by atoms with van der Waals surface area (Å²) < 4.78 is 0. The molecule has 5 heteroatoms. The summed E-state index contributed by atoms with van der Waals surface area (Å²) in [6.45, 7) is 4.10. The fourth-order valence-corrected chi connectivity index (χ4v) is 3.66. The molecule has 2 aromatic heterocycles. The van der Waals surface area contributed by atoms with Crippen LogP contribution in [-0.4, -0.2) is 16.5 Å². The van der Waals surface area contributed by atoms with Gasteiger partial charge in [0.15, 0.2) is 0 Å². The highest BCUT2D eigenvalue weighted by Gasteiger charge is 2.21. The largest absolute Gasteiger partial charge is 0.352 e. The first kappa shape index (κ1) is 12.9. The Bertz CT molecular complexity index is 582. The van der Waals surface area contributed by atoms with Crippen LogP contribution in [0.5, 0.6) is 0 Å². The summed E-state index contributed by atoms with van der Waals surface area (Å²) in [4.78, 5) is 12.4. The number of anilines is 1. The maximum atomic E-state index is 6.23. The highest BCUT2D eigenvalue weighted by atomic mass is 35.5. The van der Waals surface area contributed by atoms with Crippen LogP contribution in [0.15, 0.2) is 17.8 Å². The first-order chi connectivity index (χ1) is 9.29. The Morgan fingerprint density at radius 3 is 3.16 bits per heavy atom. The summed E-state index contributed by atoms with van der Waals surface area (Å²) in [5.74, 6) is 1.01. The number of thiophene rings is 1. The van der Waals surface area contributed by atoms with Crippen LogP contribution in [-0.2, 0) is 19.4 Å². The Balaban J connectivity index is 1.93. The monoisotopic (exact) mass is 293 g/mol. The lowest BCUT2D eigenvalue weighted by Gasteiger charge is -2.29. The van der Waals surface area contributed by atoms with Gasteiger partial charge in [-0.1, -0.05) is 24.9 Å². The molecule has 0 atom stereocenters. The Morgan fingerprint density at radius 1 is 1.42 bits per heavy atom. The average molecular weight is 294 g/mol. The van der Waals surface area contributed by atoms with E-state index < -0.39 is 0 Å². The first-order valence-corrected chi connectivity index (χ1v) is 7.85. The molecule has 3 rings (SSSR count). The van der Waals surface area contributed by atoms with Gasteiger partial charge in [-0.25, -0.2) is 9.97 Å². The lowest BCUT2D eigenvalue weighted by molar-refractivity contribution is 0.720. The molecule has 3 heterocycles. The predicted molar refractivity (Wildman–Crippen MR) is 80.1 cm³/mol. The number of aromatic nitrogens is 2. The van der Waals surface area contributed by atoms with Crippen LogP contribution in [0.3, 0.4) is 0 Å². The van der Waals surface area contributed by atoms with Crippen LogP contribution in [0.4, 0.5) is 5.82 Å². The van der Waals surface area contributed by atoms with Crippen molar-refractivity contribution in [3.63, 3.8) is 0 Å². The summed E-state index contributed by atoms with van der Waals surface area (Å²) in [5.41, 5.74) is 2.51. The molecule has 3 nitrogen and oxygen atoms in total. The topological polar surface area (TPSA) is 29.0 Å². The number of halogens is 1. The molecular weight excluding hydrogens is 278 g/mol. The third-order valence-corrected chi connectivity index (χ3v) is 4.83.